The first-order valence-electron chi connectivity index (χ1n) is 6.29. The minimum Gasteiger partial charge on any atom is -0.493 e. The largest absolute Gasteiger partial charge is 0.493 e. The highest BCUT2D eigenvalue weighted by Crippen LogP contribution is 2.29. The summed E-state index contributed by atoms with van der Waals surface area (Å²) in [5.74, 6) is 2.62. The highest BCUT2D eigenvalue weighted by Gasteiger charge is 2.21. The fourth-order valence-electron chi connectivity index (χ4n) is 2.45. The summed E-state index contributed by atoms with van der Waals surface area (Å²) in [6, 6.07) is 3.87. The molecule has 0 bridgehead atoms. The van der Waals surface area contributed by atoms with Gasteiger partial charge in [0.2, 0.25) is 0 Å². The Bertz CT molecular complexity index is 348. The lowest BCUT2D eigenvalue weighted by Gasteiger charge is -2.33. The molecular weight excluding hydrogens is 214 g/mol. The number of methoxy groups -OCH3 is 1. The van der Waals surface area contributed by atoms with Crippen molar-refractivity contribution in [3.63, 3.8) is 0 Å². The zero-order chi connectivity index (χ0) is 12.1. The van der Waals surface area contributed by atoms with Gasteiger partial charge in [0, 0.05) is 19.3 Å². The number of hydrogen-bond acceptors (Lipinski definition) is 4. The van der Waals surface area contributed by atoms with E-state index in [-0.39, 0.29) is 0 Å². The van der Waals surface area contributed by atoms with E-state index in [1.165, 1.54) is 12.8 Å². The van der Waals surface area contributed by atoms with Crippen LogP contribution in [0.2, 0.25) is 0 Å². The predicted octanol–water partition coefficient (Wildman–Crippen LogP) is 1.66. The Kier molecular flexibility index (Phi) is 4.20. The van der Waals surface area contributed by atoms with Crippen molar-refractivity contribution in [2.45, 2.75) is 19.3 Å². The molecule has 2 N–H and O–H groups in total. The lowest BCUT2D eigenvalue weighted by atomic mass is 9.93. The number of aromatic nitrogens is 1. The molecule has 17 heavy (non-hydrogen) atoms. The van der Waals surface area contributed by atoms with Gasteiger partial charge in [-0.2, -0.15) is 0 Å². The third-order valence-corrected chi connectivity index (χ3v) is 3.46. The lowest BCUT2D eigenvalue weighted by molar-refractivity contribution is 0.376. The van der Waals surface area contributed by atoms with Gasteiger partial charge in [-0.1, -0.05) is 0 Å². The average Bonchev–Trinajstić information content (AvgIpc) is 2.40. The molecule has 0 spiro atoms. The number of pyridine rings is 1. The number of rotatable bonds is 4. The molecule has 0 saturated carbocycles. The summed E-state index contributed by atoms with van der Waals surface area (Å²) in [4.78, 5) is 6.73. The van der Waals surface area contributed by atoms with E-state index < -0.39 is 0 Å². The molecule has 1 saturated heterocycles. The van der Waals surface area contributed by atoms with E-state index in [9.17, 15) is 0 Å². The van der Waals surface area contributed by atoms with Gasteiger partial charge in [0.25, 0.3) is 0 Å². The standard InChI is InChI=1S/C13H21N3O/c1-17-12-3-2-8-15-13(12)16-9-5-11(4-7-14)6-10-16/h2-3,8,11H,4-7,9-10,14H2,1H3. The normalized spacial score (nSPS) is 17.2. The van der Waals surface area contributed by atoms with E-state index in [1.807, 2.05) is 18.3 Å². The van der Waals surface area contributed by atoms with E-state index in [4.69, 9.17) is 10.5 Å². The van der Waals surface area contributed by atoms with Crippen LogP contribution in [0.3, 0.4) is 0 Å². The first-order chi connectivity index (χ1) is 8.35. The molecule has 4 nitrogen and oxygen atoms in total. The topological polar surface area (TPSA) is 51.4 Å². The molecule has 0 atom stereocenters. The van der Waals surface area contributed by atoms with Gasteiger partial charge in [0.15, 0.2) is 11.6 Å². The molecule has 94 valence electrons. The van der Waals surface area contributed by atoms with Gasteiger partial charge >= 0.3 is 0 Å². The number of nitrogens with zero attached hydrogens (tertiary/aromatic N) is 2. The van der Waals surface area contributed by atoms with Crippen LogP contribution in [0, 0.1) is 5.92 Å². The van der Waals surface area contributed by atoms with Crippen molar-refractivity contribution in [1.29, 1.82) is 0 Å². The second-order valence-corrected chi connectivity index (χ2v) is 4.54. The Morgan fingerprint density at radius 3 is 2.88 bits per heavy atom. The van der Waals surface area contributed by atoms with Gasteiger partial charge in [-0.15, -0.1) is 0 Å². The molecule has 1 aromatic heterocycles. The Morgan fingerprint density at radius 2 is 2.24 bits per heavy atom. The Hall–Kier alpha value is -1.29. The van der Waals surface area contributed by atoms with Crippen molar-refractivity contribution >= 4 is 5.82 Å². The Balaban J connectivity index is 2.00. The summed E-state index contributed by atoms with van der Waals surface area (Å²) in [6.07, 6.45) is 5.38. The second kappa shape index (κ2) is 5.87. The molecule has 1 fully saturated rings. The van der Waals surface area contributed by atoms with Crippen molar-refractivity contribution in [1.82, 2.24) is 4.98 Å². The SMILES string of the molecule is COc1cccnc1N1CCC(CCN)CC1. The van der Waals surface area contributed by atoms with Gasteiger partial charge in [0.1, 0.15) is 0 Å². The molecule has 2 rings (SSSR count). The van der Waals surface area contributed by atoms with E-state index in [1.54, 1.807) is 7.11 Å². The predicted molar refractivity (Wildman–Crippen MR) is 69.4 cm³/mol. The number of nitrogens with two attached hydrogens (primary N) is 1. The van der Waals surface area contributed by atoms with Gasteiger partial charge in [-0.25, -0.2) is 4.98 Å². The van der Waals surface area contributed by atoms with Crippen molar-refractivity contribution in [3.05, 3.63) is 18.3 Å². The van der Waals surface area contributed by atoms with E-state index in [0.29, 0.717) is 0 Å². The zero-order valence-electron chi connectivity index (χ0n) is 10.4. The van der Waals surface area contributed by atoms with Crippen LogP contribution < -0.4 is 15.4 Å². The Labute approximate surface area is 103 Å². The van der Waals surface area contributed by atoms with Crippen molar-refractivity contribution in [3.8, 4) is 5.75 Å². The molecule has 1 aromatic rings. The van der Waals surface area contributed by atoms with Crippen LogP contribution in [-0.4, -0.2) is 31.7 Å². The van der Waals surface area contributed by atoms with Gasteiger partial charge in [0.05, 0.1) is 7.11 Å². The van der Waals surface area contributed by atoms with Crippen LogP contribution in [0.25, 0.3) is 0 Å². The summed E-state index contributed by atoms with van der Waals surface area (Å²) in [5.41, 5.74) is 5.60. The number of anilines is 1. The van der Waals surface area contributed by atoms with Gasteiger partial charge < -0.3 is 15.4 Å². The average molecular weight is 235 g/mol. The van der Waals surface area contributed by atoms with Crippen LogP contribution >= 0.6 is 0 Å². The maximum atomic E-state index is 5.60. The van der Waals surface area contributed by atoms with E-state index >= 15 is 0 Å². The van der Waals surface area contributed by atoms with Crippen molar-refractivity contribution < 1.29 is 4.74 Å². The summed E-state index contributed by atoms with van der Waals surface area (Å²) in [6.45, 7) is 2.91. The van der Waals surface area contributed by atoms with Crippen LogP contribution in [0.15, 0.2) is 18.3 Å². The van der Waals surface area contributed by atoms with Crippen LogP contribution in [-0.2, 0) is 0 Å². The molecule has 2 heterocycles. The minimum absolute atomic E-state index is 0.783. The molecule has 4 heteroatoms. The fraction of sp³-hybridized carbons (Fsp3) is 0.615. The highest BCUT2D eigenvalue weighted by molar-refractivity contribution is 5.52. The van der Waals surface area contributed by atoms with Gasteiger partial charge in [-0.3, -0.25) is 0 Å². The molecule has 0 amide bonds. The van der Waals surface area contributed by atoms with Gasteiger partial charge in [-0.05, 0) is 43.9 Å². The number of hydrogen-bond donors (Lipinski definition) is 1. The third-order valence-electron chi connectivity index (χ3n) is 3.46. The third kappa shape index (κ3) is 2.88. The fourth-order valence-corrected chi connectivity index (χ4v) is 2.45. The molecule has 0 aliphatic carbocycles. The molecule has 0 unspecified atom stereocenters. The second-order valence-electron chi connectivity index (χ2n) is 4.54. The van der Waals surface area contributed by atoms with Crippen LogP contribution in [0.1, 0.15) is 19.3 Å². The summed E-state index contributed by atoms with van der Waals surface area (Å²) >= 11 is 0. The van der Waals surface area contributed by atoms with E-state index in [2.05, 4.69) is 9.88 Å². The lowest BCUT2D eigenvalue weighted by Crippen LogP contribution is -2.35. The minimum atomic E-state index is 0.783. The number of piperidine rings is 1. The van der Waals surface area contributed by atoms with Crippen LogP contribution in [0.5, 0.6) is 5.75 Å². The summed E-state index contributed by atoms with van der Waals surface area (Å²) < 4.78 is 5.35. The maximum Gasteiger partial charge on any atom is 0.171 e. The first-order valence-corrected chi connectivity index (χ1v) is 6.29. The molecule has 1 aliphatic heterocycles. The summed E-state index contributed by atoms with van der Waals surface area (Å²) in [7, 11) is 1.70. The quantitative estimate of drug-likeness (QED) is 0.862. The first kappa shape index (κ1) is 12.2. The van der Waals surface area contributed by atoms with E-state index in [0.717, 1.165) is 43.5 Å². The van der Waals surface area contributed by atoms with Crippen molar-refractivity contribution in [2.24, 2.45) is 11.7 Å². The van der Waals surface area contributed by atoms with Crippen molar-refractivity contribution in [2.75, 3.05) is 31.6 Å². The van der Waals surface area contributed by atoms with Crippen LogP contribution in [0.4, 0.5) is 5.82 Å². The molecule has 0 radical (unpaired) electrons. The monoisotopic (exact) mass is 235 g/mol. The Morgan fingerprint density at radius 1 is 1.47 bits per heavy atom. The number of ether oxygens (including phenoxy) is 1. The smallest absolute Gasteiger partial charge is 0.171 e. The molecular formula is C13H21N3O. The maximum absolute atomic E-state index is 5.60. The summed E-state index contributed by atoms with van der Waals surface area (Å²) in [5, 5.41) is 0. The molecule has 0 aromatic carbocycles. The highest BCUT2D eigenvalue weighted by atomic mass is 16.5. The zero-order valence-corrected chi connectivity index (χ0v) is 10.4. The molecule has 1 aliphatic rings.